The molecule has 0 saturated heterocycles. The van der Waals surface area contributed by atoms with Crippen LogP contribution in [0.25, 0.3) is 0 Å². The molecule has 1 rings (SSSR count). The van der Waals surface area contributed by atoms with Gasteiger partial charge in [0.1, 0.15) is 5.82 Å². The van der Waals surface area contributed by atoms with Crippen LogP contribution in [-0.2, 0) is 4.79 Å². The van der Waals surface area contributed by atoms with Crippen LogP contribution >= 0.6 is 0 Å². The molecule has 0 unspecified atom stereocenters. The Morgan fingerprint density at radius 3 is 2.89 bits per heavy atom. The van der Waals surface area contributed by atoms with Gasteiger partial charge in [-0.05, 0) is 6.42 Å². The van der Waals surface area contributed by atoms with Crippen molar-refractivity contribution in [2.75, 3.05) is 5.32 Å². The smallest absolute Gasteiger partial charge is 0.225 e. The highest BCUT2D eigenvalue weighted by atomic mass is 16.4. The molecule has 1 aromatic heterocycles. The minimum atomic E-state index is -0.104. The molecule has 0 aliphatic carbocycles. The minimum Gasteiger partial charge on any atom is -0.409 e. The SMILES string of the molecule is CCCCCCCC(=O)Nc1[nH]ncc1C(N)=NO. The topological polar surface area (TPSA) is 116 Å². The Hall–Kier alpha value is -2.05. The summed E-state index contributed by atoms with van der Waals surface area (Å²) in [6.07, 6.45) is 7.31. The number of nitrogens with one attached hydrogen (secondary N) is 2. The van der Waals surface area contributed by atoms with Gasteiger partial charge in [-0.2, -0.15) is 5.10 Å². The maximum Gasteiger partial charge on any atom is 0.225 e. The fourth-order valence-corrected chi connectivity index (χ4v) is 1.72. The summed E-state index contributed by atoms with van der Waals surface area (Å²) in [5.41, 5.74) is 5.84. The maximum atomic E-state index is 11.7. The van der Waals surface area contributed by atoms with E-state index < -0.39 is 0 Å². The number of anilines is 1. The molecule has 106 valence electrons. The number of rotatable bonds is 8. The van der Waals surface area contributed by atoms with Crippen LogP contribution in [0.4, 0.5) is 5.82 Å². The lowest BCUT2D eigenvalue weighted by atomic mass is 10.1. The van der Waals surface area contributed by atoms with Gasteiger partial charge in [0.25, 0.3) is 0 Å². The van der Waals surface area contributed by atoms with Crippen molar-refractivity contribution in [3.8, 4) is 0 Å². The van der Waals surface area contributed by atoms with Crippen molar-refractivity contribution < 1.29 is 10.0 Å². The van der Waals surface area contributed by atoms with Crippen molar-refractivity contribution >= 4 is 17.6 Å². The van der Waals surface area contributed by atoms with Crippen LogP contribution in [0.5, 0.6) is 0 Å². The molecule has 19 heavy (non-hydrogen) atoms. The number of amides is 1. The van der Waals surface area contributed by atoms with Crippen molar-refractivity contribution in [2.24, 2.45) is 10.9 Å². The molecule has 0 aromatic carbocycles. The largest absolute Gasteiger partial charge is 0.409 e. The summed E-state index contributed by atoms with van der Waals surface area (Å²) in [6.45, 7) is 2.15. The Labute approximate surface area is 112 Å². The van der Waals surface area contributed by atoms with E-state index in [2.05, 4.69) is 27.6 Å². The summed E-state index contributed by atoms with van der Waals surface area (Å²) >= 11 is 0. The number of amidine groups is 1. The fourth-order valence-electron chi connectivity index (χ4n) is 1.72. The van der Waals surface area contributed by atoms with Crippen molar-refractivity contribution in [1.29, 1.82) is 0 Å². The fraction of sp³-hybridized carbons (Fsp3) is 0.583. The molecule has 1 heterocycles. The van der Waals surface area contributed by atoms with Crippen LogP contribution in [0.3, 0.4) is 0 Å². The van der Waals surface area contributed by atoms with E-state index in [1.807, 2.05) is 0 Å². The van der Waals surface area contributed by atoms with Crippen LogP contribution in [0.2, 0.25) is 0 Å². The van der Waals surface area contributed by atoms with Crippen molar-refractivity contribution in [3.05, 3.63) is 11.8 Å². The lowest BCUT2D eigenvalue weighted by Gasteiger charge is -2.05. The molecule has 1 amide bonds. The van der Waals surface area contributed by atoms with Crippen LogP contribution < -0.4 is 11.1 Å². The summed E-state index contributed by atoms with van der Waals surface area (Å²) in [5.74, 6) is 0.161. The number of nitrogens with two attached hydrogens (primary N) is 1. The number of aromatic nitrogens is 2. The van der Waals surface area contributed by atoms with E-state index in [1.54, 1.807) is 0 Å². The van der Waals surface area contributed by atoms with E-state index in [0.29, 0.717) is 17.8 Å². The normalized spacial score (nSPS) is 11.5. The number of oxime groups is 1. The van der Waals surface area contributed by atoms with Gasteiger partial charge in [-0.25, -0.2) is 0 Å². The zero-order chi connectivity index (χ0) is 14.1. The summed E-state index contributed by atoms with van der Waals surface area (Å²) in [7, 11) is 0. The highest BCUT2D eigenvalue weighted by molar-refractivity contribution is 6.04. The quantitative estimate of drug-likeness (QED) is 0.189. The average molecular weight is 267 g/mol. The second kappa shape index (κ2) is 8.12. The lowest BCUT2D eigenvalue weighted by Crippen LogP contribution is -2.18. The molecule has 0 aliphatic rings. The highest BCUT2D eigenvalue weighted by Crippen LogP contribution is 2.12. The van der Waals surface area contributed by atoms with Crippen LogP contribution in [0.15, 0.2) is 11.4 Å². The first-order chi connectivity index (χ1) is 9.19. The van der Waals surface area contributed by atoms with Gasteiger partial charge in [0.2, 0.25) is 5.91 Å². The summed E-state index contributed by atoms with van der Waals surface area (Å²) in [4.78, 5) is 11.7. The van der Waals surface area contributed by atoms with Gasteiger partial charge in [-0.1, -0.05) is 37.8 Å². The first-order valence-electron chi connectivity index (χ1n) is 6.50. The number of carbonyl (C=O) groups is 1. The molecule has 5 N–H and O–H groups in total. The molecule has 0 spiro atoms. The predicted octanol–water partition coefficient (Wildman–Crippen LogP) is 1.80. The Bertz CT molecular complexity index is 428. The first kappa shape index (κ1) is 15.0. The zero-order valence-corrected chi connectivity index (χ0v) is 11.1. The Kier molecular flexibility index (Phi) is 6.42. The molecular weight excluding hydrogens is 246 g/mol. The van der Waals surface area contributed by atoms with Gasteiger partial charge in [0, 0.05) is 6.42 Å². The molecular formula is C12H21N5O2. The Morgan fingerprint density at radius 2 is 2.21 bits per heavy atom. The summed E-state index contributed by atoms with van der Waals surface area (Å²) < 4.78 is 0. The van der Waals surface area contributed by atoms with E-state index in [4.69, 9.17) is 10.9 Å². The first-order valence-corrected chi connectivity index (χ1v) is 6.50. The van der Waals surface area contributed by atoms with Crippen LogP contribution in [0.1, 0.15) is 51.0 Å². The average Bonchev–Trinajstić information content (AvgIpc) is 2.85. The molecule has 7 nitrogen and oxygen atoms in total. The molecule has 0 aliphatic heterocycles. The molecule has 7 heteroatoms. The number of aromatic amines is 1. The van der Waals surface area contributed by atoms with Crippen molar-refractivity contribution in [2.45, 2.75) is 45.4 Å². The lowest BCUT2D eigenvalue weighted by molar-refractivity contribution is -0.116. The third-order valence-electron chi connectivity index (χ3n) is 2.79. The number of hydrogen-bond donors (Lipinski definition) is 4. The maximum absolute atomic E-state index is 11.7. The van der Waals surface area contributed by atoms with Crippen molar-refractivity contribution in [1.82, 2.24) is 10.2 Å². The van der Waals surface area contributed by atoms with E-state index in [-0.39, 0.29) is 11.7 Å². The monoisotopic (exact) mass is 267 g/mol. The van der Waals surface area contributed by atoms with Gasteiger partial charge >= 0.3 is 0 Å². The van der Waals surface area contributed by atoms with Crippen molar-refractivity contribution in [3.63, 3.8) is 0 Å². The van der Waals surface area contributed by atoms with Gasteiger partial charge in [-0.3, -0.25) is 9.89 Å². The third-order valence-corrected chi connectivity index (χ3v) is 2.79. The molecule has 0 radical (unpaired) electrons. The summed E-state index contributed by atoms with van der Waals surface area (Å²) in [5, 5.41) is 20.5. The predicted molar refractivity (Wildman–Crippen MR) is 73.1 cm³/mol. The number of nitrogens with zero attached hydrogens (tertiary/aromatic N) is 2. The Morgan fingerprint density at radius 1 is 1.47 bits per heavy atom. The molecule has 0 atom stereocenters. The Balaban J connectivity index is 2.38. The third kappa shape index (κ3) is 4.99. The molecule has 0 fully saturated rings. The van der Waals surface area contributed by atoms with E-state index in [1.165, 1.54) is 19.0 Å². The number of carbonyl (C=O) groups excluding carboxylic acids is 1. The zero-order valence-electron chi connectivity index (χ0n) is 11.1. The standard InChI is InChI=1S/C12H21N5O2/c1-2-3-4-5-6-7-10(18)15-12-9(8-14-16-12)11(13)17-19/h8,19H,2-7H2,1H3,(H2,13,17)(H2,14,15,16,18). The van der Waals surface area contributed by atoms with E-state index in [9.17, 15) is 4.79 Å². The molecule has 0 bridgehead atoms. The van der Waals surface area contributed by atoms with Crippen LogP contribution in [0, 0.1) is 0 Å². The number of hydrogen-bond acceptors (Lipinski definition) is 4. The number of H-pyrrole nitrogens is 1. The highest BCUT2D eigenvalue weighted by Gasteiger charge is 2.12. The molecule has 0 saturated carbocycles. The van der Waals surface area contributed by atoms with Gasteiger partial charge in [-0.15, -0.1) is 0 Å². The van der Waals surface area contributed by atoms with Gasteiger partial charge in [0.15, 0.2) is 5.84 Å². The van der Waals surface area contributed by atoms with Gasteiger partial charge < -0.3 is 16.3 Å². The van der Waals surface area contributed by atoms with E-state index in [0.717, 1.165) is 19.3 Å². The van der Waals surface area contributed by atoms with Gasteiger partial charge in [0.05, 0.1) is 11.8 Å². The number of unbranched alkanes of at least 4 members (excludes halogenated alkanes) is 4. The second-order valence-electron chi connectivity index (χ2n) is 4.36. The van der Waals surface area contributed by atoms with Crippen LogP contribution in [-0.4, -0.2) is 27.1 Å². The van der Waals surface area contributed by atoms with E-state index >= 15 is 0 Å². The summed E-state index contributed by atoms with van der Waals surface area (Å²) in [6, 6.07) is 0. The minimum absolute atomic E-state index is 0.0907. The second-order valence-corrected chi connectivity index (χ2v) is 4.36. The molecule has 1 aromatic rings.